The Morgan fingerprint density at radius 3 is 1.66 bits per heavy atom. The minimum atomic E-state index is 0.586. The second-order valence-corrected chi connectivity index (χ2v) is 13.2. The van der Waals surface area contributed by atoms with Gasteiger partial charge in [0, 0.05) is 27.5 Å². The Morgan fingerprint density at radius 1 is 0.302 bits per heavy atom. The molecule has 0 atom stereocenters. The van der Waals surface area contributed by atoms with Gasteiger partial charge in [0.2, 0.25) is 0 Å². The van der Waals surface area contributed by atoms with Crippen molar-refractivity contribution in [3.05, 3.63) is 188 Å². The van der Waals surface area contributed by atoms with Crippen LogP contribution in [0, 0.1) is 0 Å². The van der Waals surface area contributed by atoms with Crippen LogP contribution in [-0.4, -0.2) is 15.0 Å². The van der Waals surface area contributed by atoms with E-state index in [0.29, 0.717) is 17.5 Å². The summed E-state index contributed by atoms with van der Waals surface area (Å²) in [6.45, 7) is 0. The van der Waals surface area contributed by atoms with Crippen LogP contribution in [0.3, 0.4) is 0 Å². The summed E-state index contributed by atoms with van der Waals surface area (Å²) in [6, 6.07) is 65.2. The quantitative estimate of drug-likeness (QED) is 0.176. The average molecular weight is 678 g/mol. The molecule has 0 spiro atoms. The van der Waals surface area contributed by atoms with Gasteiger partial charge in [0.15, 0.2) is 17.5 Å². The first-order valence-electron chi connectivity index (χ1n) is 17.8. The lowest BCUT2D eigenvalue weighted by atomic mass is 9.91. The summed E-state index contributed by atoms with van der Waals surface area (Å²) >= 11 is 0. The van der Waals surface area contributed by atoms with E-state index in [1.807, 2.05) is 54.6 Å². The van der Waals surface area contributed by atoms with Crippen molar-refractivity contribution < 1.29 is 4.42 Å². The molecule has 10 rings (SSSR count). The molecule has 0 N–H and O–H groups in total. The van der Waals surface area contributed by atoms with E-state index in [9.17, 15) is 0 Å². The van der Waals surface area contributed by atoms with Gasteiger partial charge in [0.05, 0.1) is 0 Å². The van der Waals surface area contributed by atoms with Crippen molar-refractivity contribution in [1.29, 1.82) is 0 Å². The van der Waals surface area contributed by atoms with Crippen LogP contribution in [0.2, 0.25) is 0 Å². The topological polar surface area (TPSA) is 51.8 Å². The first kappa shape index (κ1) is 30.6. The number of aromatic nitrogens is 3. The van der Waals surface area contributed by atoms with E-state index in [1.54, 1.807) is 0 Å². The van der Waals surface area contributed by atoms with E-state index in [-0.39, 0.29) is 0 Å². The van der Waals surface area contributed by atoms with Crippen molar-refractivity contribution in [3.63, 3.8) is 0 Å². The Hall–Kier alpha value is -7.17. The van der Waals surface area contributed by atoms with Crippen molar-refractivity contribution >= 4 is 32.7 Å². The molecular formula is C49H31N3O. The van der Waals surface area contributed by atoms with Crippen LogP contribution in [0.1, 0.15) is 0 Å². The van der Waals surface area contributed by atoms with Crippen LogP contribution in [0.5, 0.6) is 0 Å². The molecule has 0 saturated carbocycles. The maximum absolute atomic E-state index is 6.49. The Morgan fingerprint density at radius 2 is 0.887 bits per heavy atom. The van der Waals surface area contributed by atoms with Crippen molar-refractivity contribution in [2.24, 2.45) is 0 Å². The van der Waals surface area contributed by atoms with Crippen LogP contribution in [0.4, 0.5) is 0 Å². The van der Waals surface area contributed by atoms with Gasteiger partial charge in [0.1, 0.15) is 11.2 Å². The number of hydrogen-bond acceptors (Lipinski definition) is 4. The molecule has 0 bridgehead atoms. The van der Waals surface area contributed by atoms with Crippen LogP contribution in [0.25, 0.3) is 100 Å². The molecule has 0 aliphatic rings. The average Bonchev–Trinajstić information content (AvgIpc) is 3.62. The van der Waals surface area contributed by atoms with Gasteiger partial charge in [-0.1, -0.05) is 158 Å². The summed E-state index contributed by atoms with van der Waals surface area (Å²) in [5.74, 6) is 1.79. The molecule has 4 heteroatoms. The zero-order valence-electron chi connectivity index (χ0n) is 28.6. The summed E-state index contributed by atoms with van der Waals surface area (Å²) < 4.78 is 6.49. The predicted molar refractivity (Wildman–Crippen MR) is 217 cm³/mol. The minimum Gasteiger partial charge on any atom is -0.456 e. The van der Waals surface area contributed by atoms with Crippen molar-refractivity contribution in [1.82, 2.24) is 15.0 Å². The van der Waals surface area contributed by atoms with E-state index < -0.39 is 0 Å². The highest BCUT2D eigenvalue weighted by Gasteiger charge is 2.20. The summed E-state index contributed by atoms with van der Waals surface area (Å²) in [7, 11) is 0. The van der Waals surface area contributed by atoms with Gasteiger partial charge in [-0.2, -0.15) is 0 Å². The second kappa shape index (κ2) is 12.9. The molecule has 248 valence electrons. The fraction of sp³-hybridized carbons (Fsp3) is 0. The number of rotatable bonds is 6. The van der Waals surface area contributed by atoms with E-state index in [0.717, 1.165) is 72.0 Å². The van der Waals surface area contributed by atoms with Gasteiger partial charge in [-0.25, -0.2) is 15.0 Å². The van der Waals surface area contributed by atoms with Gasteiger partial charge in [0.25, 0.3) is 0 Å². The third-order valence-electron chi connectivity index (χ3n) is 9.92. The number of para-hydroxylation sites is 1. The molecular weight excluding hydrogens is 647 g/mol. The summed E-state index contributed by atoms with van der Waals surface area (Å²) in [5, 5.41) is 4.40. The maximum Gasteiger partial charge on any atom is 0.164 e. The number of benzene rings is 8. The normalized spacial score (nSPS) is 11.4. The van der Waals surface area contributed by atoms with Gasteiger partial charge >= 0.3 is 0 Å². The van der Waals surface area contributed by atoms with Gasteiger partial charge in [-0.05, 0) is 74.5 Å². The predicted octanol–water partition coefficient (Wildman–Crippen LogP) is 12.9. The van der Waals surface area contributed by atoms with Crippen molar-refractivity contribution in [3.8, 4) is 67.5 Å². The van der Waals surface area contributed by atoms with Crippen LogP contribution in [0.15, 0.2) is 192 Å². The molecule has 0 saturated heterocycles. The maximum atomic E-state index is 6.49. The SMILES string of the molecule is c1ccc(-c2cc(-c3nc(-c4ccccc4)nc(-c4ccc(-c5ccccc5)c(-c5ccc6ccccc6c5)c4)n3)c3c(c2)oc2ccccc23)cc1. The number of furan rings is 1. The lowest BCUT2D eigenvalue weighted by Gasteiger charge is -2.15. The van der Waals surface area contributed by atoms with Crippen molar-refractivity contribution in [2.75, 3.05) is 0 Å². The number of hydrogen-bond donors (Lipinski definition) is 0. The smallest absolute Gasteiger partial charge is 0.164 e. The molecule has 2 aromatic heterocycles. The fourth-order valence-corrected chi connectivity index (χ4v) is 7.32. The fourth-order valence-electron chi connectivity index (χ4n) is 7.32. The van der Waals surface area contributed by atoms with Gasteiger partial charge < -0.3 is 4.42 Å². The van der Waals surface area contributed by atoms with Crippen LogP contribution in [-0.2, 0) is 0 Å². The summed E-state index contributed by atoms with van der Waals surface area (Å²) in [6.07, 6.45) is 0. The molecule has 0 amide bonds. The Labute approximate surface area is 306 Å². The zero-order chi connectivity index (χ0) is 35.1. The zero-order valence-corrected chi connectivity index (χ0v) is 28.6. The molecule has 0 radical (unpaired) electrons. The first-order valence-corrected chi connectivity index (χ1v) is 17.8. The monoisotopic (exact) mass is 677 g/mol. The molecule has 10 aromatic rings. The van der Waals surface area contributed by atoms with Crippen LogP contribution >= 0.6 is 0 Å². The van der Waals surface area contributed by atoms with Crippen molar-refractivity contribution in [2.45, 2.75) is 0 Å². The van der Waals surface area contributed by atoms with Gasteiger partial charge in [-0.15, -0.1) is 0 Å². The highest BCUT2D eigenvalue weighted by Crippen LogP contribution is 2.41. The second-order valence-electron chi connectivity index (χ2n) is 13.2. The van der Waals surface area contributed by atoms with E-state index in [2.05, 4.69) is 133 Å². The molecule has 2 heterocycles. The van der Waals surface area contributed by atoms with E-state index in [1.165, 1.54) is 10.8 Å². The third-order valence-corrected chi connectivity index (χ3v) is 9.92. The number of nitrogens with zero attached hydrogens (tertiary/aromatic N) is 3. The largest absolute Gasteiger partial charge is 0.456 e. The molecule has 53 heavy (non-hydrogen) atoms. The molecule has 0 fully saturated rings. The van der Waals surface area contributed by atoms with Crippen LogP contribution < -0.4 is 0 Å². The lowest BCUT2D eigenvalue weighted by Crippen LogP contribution is -2.01. The highest BCUT2D eigenvalue weighted by molar-refractivity contribution is 6.13. The Balaban J connectivity index is 1.23. The highest BCUT2D eigenvalue weighted by atomic mass is 16.3. The Bertz CT molecular complexity index is 2940. The van der Waals surface area contributed by atoms with E-state index >= 15 is 0 Å². The summed E-state index contributed by atoms with van der Waals surface area (Å²) in [5.41, 5.74) is 11.0. The molecule has 0 unspecified atom stereocenters. The Kier molecular flexibility index (Phi) is 7.43. The summed E-state index contributed by atoms with van der Waals surface area (Å²) in [4.78, 5) is 15.6. The first-order chi connectivity index (χ1) is 26.2. The van der Waals surface area contributed by atoms with Gasteiger partial charge in [-0.3, -0.25) is 0 Å². The third kappa shape index (κ3) is 5.63. The lowest BCUT2D eigenvalue weighted by molar-refractivity contribution is 0.669. The molecule has 4 nitrogen and oxygen atoms in total. The number of fused-ring (bicyclic) bond motifs is 4. The minimum absolute atomic E-state index is 0.586. The standard InChI is InChI=1S/C49H31N3O/c1-4-14-32(15-5-1)39-30-43(46-41-22-12-13-23-44(41)53-45(46)31-39)49-51-47(35-19-8-3-9-20-35)50-48(52-49)38-26-27-40(34-17-6-2-7-18-34)42(29-38)37-25-24-33-16-10-11-21-36(33)28-37/h1-31H. The molecule has 0 aliphatic heterocycles. The van der Waals surface area contributed by atoms with E-state index in [4.69, 9.17) is 19.4 Å². The molecule has 8 aromatic carbocycles. The molecule has 0 aliphatic carbocycles.